The monoisotopic (exact) mass is 273 g/mol. The van der Waals surface area contributed by atoms with Gasteiger partial charge in [0.2, 0.25) is 0 Å². The van der Waals surface area contributed by atoms with Crippen LogP contribution in [0.25, 0.3) is 0 Å². The highest BCUT2D eigenvalue weighted by atomic mass is 16.5. The van der Waals surface area contributed by atoms with Crippen molar-refractivity contribution in [2.75, 3.05) is 5.32 Å². The third kappa shape index (κ3) is 1.95. The van der Waals surface area contributed by atoms with Crippen molar-refractivity contribution in [1.29, 1.82) is 0 Å². The van der Waals surface area contributed by atoms with Crippen molar-refractivity contribution >= 4 is 17.4 Å². The fourth-order valence-electron chi connectivity index (χ4n) is 3.19. The van der Waals surface area contributed by atoms with Gasteiger partial charge in [0, 0.05) is 24.1 Å². The fraction of sp³-hybridized carbons (Fsp3) is 0.500. The number of carbonyl (C=O) groups excluding carboxylic acids is 2. The fourth-order valence-corrected chi connectivity index (χ4v) is 3.19. The molecule has 0 bridgehead atoms. The lowest BCUT2D eigenvalue weighted by Gasteiger charge is -2.36. The number of Topliss-reactive ketones (excluding diaryl/α,β-unsaturated/α-hetero) is 1. The van der Waals surface area contributed by atoms with E-state index in [0.29, 0.717) is 6.42 Å². The Hall–Kier alpha value is -1.68. The number of anilines is 1. The lowest BCUT2D eigenvalue weighted by atomic mass is 9.84. The van der Waals surface area contributed by atoms with Crippen LogP contribution in [0, 0.1) is 6.92 Å². The molecule has 1 N–H and O–H groups in total. The molecule has 106 valence electrons. The number of ketones is 1. The summed E-state index contributed by atoms with van der Waals surface area (Å²) in [6.45, 7) is 4.03. The minimum Gasteiger partial charge on any atom is -0.356 e. The van der Waals surface area contributed by atoms with Crippen molar-refractivity contribution in [2.24, 2.45) is 0 Å². The summed E-state index contributed by atoms with van der Waals surface area (Å²) in [6.07, 6.45) is 2.16. The van der Waals surface area contributed by atoms with Gasteiger partial charge in [-0.2, -0.15) is 0 Å². The molecule has 1 aromatic carbocycles. The van der Waals surface area contributed by atoms with Crippen LogP contribution in [0.4, 0.5) is 5.69 Å². The molecule has 4 heteroatoms. The van der Waals surface area contributed by atoms with Gasteiger partial charge in [-0.3, -0.25) is 9.59 Å². The molecule has 1 fully saturated rings. The van der Waals surface area contributed by atoms with Gasteiger partial charge < -0.3 is 10.1 Å². The Morgan fingerprint density at radius 3 is 2.95 bits per heavy atom. The molecule has 2 heterocycles. The number of aryl methyl sites for hydroxylation is 1. The van der Waals surface area contributed by atoms with Gasteiger partial charge in [0.1, 0.15) is 5.78 Å². The molecule has 0 aromatic heterocycles. The highest BCUT2D eigenvalue weighted by Crippen LogP contribution is 2.45. The number of amides is 1. The average molecular weight is 273 g/mol. The van der Waals surface area contributed by atoms with E-state index >= 15 is 0 Å². The first kappa shape index (κ1) is 13.3. The van der Waals surface area contributed by atoms with E-state index in [1.54, 1.807) is 0 Å². The minimum absolute atomic E-state index is 0.110. The van der Waals surface area contributed by atoms with Crippen molar-refractivity contribution in [1.82, 2.24) is 0 Å². The molecule has 4 nitrogen and oxygen atoms in total. The van der Waals surface area contributed by atoms with Gasteiger partial charge in [-0.1, -0.05) is 31.0 Å². The highest BCUT2D eigenvalue weighted by molar-refractivity contribution is 6.07. The molecule has 0 radical (unpaired) electrons. The third-order valence-electron chi connectivity index (χ3n) is 4.11. The lowest BCUT2D eigenvalue weighted by Crippen LogP contribution is -2.47. The summed E-state index contributed by atoms with van der Waals surface area (Å²) < 4.78 is 6.11. The van der Waals surface area contributed by atoms with Crippen molar-refractivity contribution in [3.63, 3.8) is 0 Å². The van der Waals surface area contributed by atoms with Crippen molar-refractivity contribution in [3.8, 4) is 0 Å². The first-order chi connectivity index (χ1) is 9.55. The van der Waals surface area contributed by atoms with Gasteiger partial charge in [0.25, 0.3) is 5.91 Å². The largest absolute Gasteiger partial charge is 0.356 e. The number of ether oxygens (including phenoxy) is 1. The van der Waals surface area contributed by atoms with E-state index in [-0.39, 0.29) is 24.2 Å². The zero-order chi connectivity index (χ0) is 14.3. The molecule has 20 heavy (non-hydrogen) atoms. The van der Waals surface area contributed by atoms with Crippen LogP contribution in [0.1, 0.15) is 43.7 Å². The molecule has 0 aliphatic carbocycles. The van der Waals surface area contributed by atoms with Crippen LogP contribution in [0.5, 0.6) is 0 Å². The number of hydrogen-bond donors (Lipinski definition) is 1. The Labute approximate surface area is 118 Å². The maximum atomic E-state index is 12.4. The van der Waals surface area contributed by atoms with Crippen LogP contribution in [-0.2, 0) is 19.9 Å². The summed E-state index contributed by atoms with van der Waals surface area (Å²) in [7, 11) is 0. The molecular weight excluding hydrogens is 254 g/mol. The van der Waals surface area contributed by atoms with Crippen molar-refractivity contribution in [3.05, 3.63) is 29.3 Å². The smallest absolute Gasteiger partial charge is 0.261 e. The Balaban J connectivity index is 2.05. The van der Waals surface area contributed by atoms with E-state index in [1.165, 1.54) is 0 Å². The zero-order valence-electron chi connectivity index (χ0n) is 11.9. The molecule has 0 unspecified atom stereocenters. The SMILES string of the molecule is CCC[C@@H]1CC(=O)C[C@@]2(O1)C(=O)Nc1ccc(C)cc12. The summed E-state index contributed by atoms with van der Waals surface area (Å²) >= 11 is 0. The second-order valence-electron chi connectivity index (χ2n) is 5.78. The number of hydrogen-bond acceptors (Lipinski definition) is 3. The predicted molar refractivity (Wildman–Crippen MR) is 75.5 cm³/mol. The van der Waals surface area contributed by atoms with E-state index in [4.69, 9.17) is 4.74 Å². The van der Waals surface area contributed by atoms with Crippen LogP contribution in [0.2, 0.25) is 0 Å². The second kappa shape index (κ2) is 4.70. The van der Waals surface area contributed by atoms with Crippen molar-refractivity contribution in [2.45, 2.75) is 51.2 Å². The molecule has 2 aliphatic rings. The van der Waals surface area contributed by atoms with Gasteiger partial charge in [0.05, 0.1) is 6.10 Å². The Bertz CT molecular complexity index is 581. The van der Waals surface area contributed by atoms with Gasteiger partial charge in [-0.15, -0.1) is 0 Å². The summed E-state index contributed by atoms with van der Waals surface area (Å²) in [5.74, 6) is -0.0912. The quantitative estimate of drug-likeness (QED) is 0.901. The summed E-state index contributed by atoms with van der Waals surface area (Å²) in [5, 5.41) is 2.85. The molecule has 1 amide bonds. The Morgan fingerprint density at radius 2 is 2.20 bits per heavy atom. The average Bonchev–Trinajstić information content (AvgIpc) is 2.63. The maximum Gasteiger partial charge on any atom is 0.261 e. The van der Waals surface area contributed by atoms with E-state index in [2.05, 4.69) is 12.2 Å². The number of fused-ring (bicyclic) bond motifs is 2. The van der Waals surface area contributed by atoms with Gasteiger partial charge in [-0.25, -0.2) is 0 Å². The van der Waals surface area contributed by atoms with Crippen LogP contribution in [-0.4, -0.2) is 17.8 Å². The third-order valence-corrected chi connectivity index (χ3v) is 4.11. The van der Waals surface area contributed by atoms with Crippen molar-refractivity contribution < 1.29 is 14.3 Å². The van der Waals surface area contributed by atoms with E-state index in [1.807, 2.05) is 25.1 Å². The van der Waals surface area contributed by atoms with Gasteiger partial charge >= 0.3 is 0 Å². The lowest BCUT2D eigenvalue weighted by molar-refractivity contribution is -0.170. The van der Waals surface area contributed by atoms with E-state index < -0.39 is 5.60 Å². The number of rotatable bonds is 2. The maximum absolute atomic E-state index is 12.4. The summed E-state index contributed by atoms with van der Waals surface area (Å²) in [6, 6.07) is 5.79. The highest BCUT2D eigenvalue weighted by Gasteiger charge is 2.53. The molecule has 1 saturated heterocycles. The Kier molecular flexibility index (Phi) is 3.13. The Morgan fingerprint density at radius 1 is 1.40 bits per heavy atom. The molecular formula is C16H19NO3. The number of benzene rings is 1. The summed E-state index contributed by atoms with van der Waals surface area (Å²) in [5.41, 5.74) is 1.55. The van der Waals surface area contributed by atoms with Crippen LogP contribution < -0.4 is 5.32 Å². The van der Waals surface area contributed by atoms with E-state index in [0.717, 1.165) is 29.7 Å². The topological polar surface area (TPSA) is 55.4 Å². The van der Waals surface area contributed by atoms with Crippen LogP contribution in [0.3, 0.4) is 0 Å². The first-order valence-electron chi connectivity index (χ1n) is 7.17. The predicted octanol–water partition coefficient (Wildman–Crippen LogP) is 2.69. The number of carbonyl (C=O) groups is 2. The first-order valence-corrected chi connectivity index (χ1v) is 7.17. The normalized spacial score (nSPS) is 28.6. The van der Waals surface area contributed by atoms with Crippen LogP contribution >= 0.6 is 0 Å². The molecule has 3 rings (SSSR count). The summed E-state index contributed by atoms with van der Waals surface area (Å²) in [4.78, 5) is 24.5. The molecule has 0 saturated carbocycles. The standard InChI is InChI=1S/C16H19NO3/c1-3-4-12-8-11(18)9-16(20-12)13-7-10(2)5-6-14(13)17-15(16)19/h5-7,12H,3-4,8-9H2,1-2H3,(H,17,19)/t12-,16+/m1/s1. The molecule has 2 aliphatic heterocycles. The minimum atomic E-state index is -1.10. The second-order valence-corrected chi connectivity index (χ2v) is 5.78. The zero-order valence-corrected chi connectivity index (χ0v) is 11.9. The molecule has 1 spiro atoms. The number of nitrogens with one attached hydrogen (secondary N) is 1. The van der Waals surface area contributed by atoms with E-state index in [9.17, 15) is 9.59 Å². The van der Waals surface area contributed by atoms with Crippen LogP contribution in [0.15, 0.2) is 18.2 Å². The van der Waals surface area contributed by atoms with Gasteiger partial charge in [0.15, 0.2) is 5.60 Å². The molecule has 2 atom stereocenters. The van der Waals surface area contributed by atoms with Gasteiger partial charge in [-0.05, 0) is 19.4 Å². The molecule has 1 aromatic rings.